The van der Waals surface area contributed by atoms with E-state index in [1.54, 1.807) is 10.2 Å². The van der Waals surface area contributed by atoms with Gasteiger partial charge in [0.25, 0.3) is 0 Å². The number of hydrogen-bond acceptors (Lipinski definition) is 4. The molecule has 0 unspecified atom stereocenters. The van der Waals surface area contributed by atoms with Crippen LogP contribution in [0.4, 0.5) is 13.2 Å². The van der Waals surface area contributed by atoms with Crippen LogP contribution in [0.3, 0.4) is 0 Å². The molecule has 0 spiro atoms. The van der Waals surface area contributed by atoms with Crippen LogP contribution in [0.15, 0.2) is 0 Å². The summed E-state index contributed by atoms with van der Waals surface area (Å²) in [5, 5.41) is 1.77. The van der Waals surface area contributed by atoms with E-state index in [-0.39, 0.29) is 19.6 Å². The summed E-state index contributed by atoms with van der Waals surface area (Å²) in [5.74, 6) is -0.717. The van der Waals surface area contributed by atoms with Crippen molar-refractivity contribution in [2.75, 3.05) is 45.5 Å². The van der Waals surface area contributed by atoms with Crippen molar-refractivity contribution in [3.63, 3.8) is 0 Å². The predicted octanol–water partition coefficient (Wildman–Crippen LogP) is -0.758. The lowest BCUT2D eigenvalue weighted by Crippen LogP contribution is -2.51. The Bertz CT molecular complexity index is 416. The first-order valence-corrected chi connectivity index (χ1v) is 7.44. The molecule has 0 aromatic rings. The fourth-order valence-electron chi connectivity index (χ4n) is 1.68. The zero-order valence-corrected chi connectivity index (χ0v) is 11.2. The molecule has 0 bridgehead atoms. The first-order valence-electron chi connectivity index (χ1n) is 5.59. The zero-order valence-electron chi connectivity index (χ0n) is 10.4. The maximum Gasteiger partial charge on any atom is 0.405 e. The predicted molar refractivity (Wildman–Crippen MR) is 61.9 cm³/mol. The molecule has 1 aliphatic rings. The molecular weight excluding hydrogens is 287 g/mol. The molecule has 0 aliphatic carbocycles. The van der Waals surface area contributed by atoms with Gasteiger partial charge in [-0.05, 0) is 0 Å². The van der Waals surface area contributed by atoms with Gasteiger partial charge < -0.3 is 5.32 Å². The number of hydrogen-bond donors (Lipinski definition) is 1. The highest BCUT2D eigenvalue weighted by Gasteiger charge is 2.29. The minimum atomic E-state index is -4.43. The summed E-state index contributed by atoms with van der Waals surface area (Å²) in [4.78, 5) is 12.9. The van der Waals surface area contributed by atoms with Crippen molar-refractivity contribution in [3.05, 3.63) is 0 Å². The highest BCUT2D eigenvalue weighted by atomic mass is 32.2. The fraction of sp³-hybridized carbons (Fsp3) is 0.889. The number of amides is 1. The van der Waals surface area contributed by atoms with Crippen LogP contribution in [-0.4, -0.2) is 75.2 Å². The smallest absolute Gasteiger partial charge is 0.346 e. The second kappa shape index (κ2) is 6.06. The molecular formula is C9H16F3N3O3S. The van der Waals surface area contributed by atoms with Gasteiger partial charge in [-0.25, -0.2) is 8.42 Å². The van der Waals surface area contributed by atoms with E-state index in [2.05, 4.69) is 0 Å². The first kappa shape index (κ1) is 16.2. The number of rotatable bonds is 4. The molecule has 0 aromatic carbocycles. The lowest BCUT2D eigenvalue weighted by atomic mass is 10.3. The van der Waals surface area contributed by atoms with Crippen molar-refractivity contribution in [2.24, 2.45) is 0 Å². The number of nitrogens with one attached hydrogen (secondary N) is 1. The van der Waals surface area contributed by atoms with Gasteiger partial charge in [0.15, 0.2) is 0 Å². The van der Waals surface area contributed by atoms with E-state index in [1.165, 1.54) is 4.31 Å². The first-order chi connectivity index (χ1) is 8.58. The number of alkyl halides is 3. The number of carbonyl (C=O) groups excluding carboxylic acids is 1. The van der Waals surface area contributed by atoms with Gasteiger partial charge in [-0.1, -0.05) is 0 Å². The Hall–Kier alpha value is -0.870. The second-order valence-corrected chi connectivity index (χ2v) is 6.31. The number of halogens is 3. The summed E-state index contributed by atoms with van der Waals surface area (Å²) in [5.41, 5.74) is 0. The maximum absolute atomic E-state index is 11.9. The Morgan fingerprint density at radius 1 is 1.21 bits per heavy atom. The Balaban J connectivity index is 2.31. The van der Waals surface area contributed by atoms with Crippen LogP contribution in [0.25, 0.3) is 0 Å². The third-order valence-electron chi connectivity index (χ3n) is 2.65. The molecule has 1 saturated heterocycles. The lowest BCUT2D eigenvalue weighted by molar-refractivity contribution is -0.139. The van der Waals surface area contributed by atoms with E-state index in [0.717, 1.165) is 6.26 Å². The van der Waals surface area contributed by atoms with Gasteiger partial charge >= 0.3 is 6.18 Å². The number of nitrogens with zero attached hydrogens (tertiary/aromatic N) is 2. The average molecular weight is 303 g/mol. The minimum Gasteiger partial charge on any atom is -0.346 e. The summed E-state index contributed by atoms with van der Waals surface area (Å²) in [6, 6.07) is 0. The van der Waals surface area contributed by atoms with E-state index in [4.69, 9.17) is 0 Å². The average Bonchev–Trinajstić information content (AvgIpc) is 2.25. The standard InChI is InChI=1S/C9H16F3N3O3S/c1-19(17,18)15-4-2-14(3-5-15)6-8(16)13-7-9(10,11)12/h2-7H2,1H3,(H,13,16). The molecule has 6 nitrogen and oxygen atoms in total. The molecule has 10 heteroatoms. The van der Waals surface area contributed by atoms with Crippen molar-refractivity contribution in [3.8, 4) is 0 Å². The molecule has 0 radical (unpaired) electrons. The van der Waals surface area contributed by atoms with Crippen molar-refractivity contribution in [1.82, 2.24) is 14.5 Å². The molecule has 1 fully saturated rings. The quantitative estimate of drug-likeness (QED) is 0.741. The van der Waals surface area contributed by atoms with Crippen LogP contribution in [0.2, 0.25) is 0 Å². The molecule has 0 atom stereocenters. The summed E-state index contributed by atoms with van der Waals surface area (Å²) >= 11 is 0. The molecule has 1 aliphatic heterocycles. The lowest BCUT2D eigenvalue weighted by Gasteiger charge is -2.32. The Labute approximate surface area is 109 Å². The molecule has 1 heterocycles. The van der Waals surface area contributed by atoms with Crippen LogP contribution >= 0.6 is 0 Å². The summed E-state index contributed by atoms with van der Waals surface area (Å²) in [6.45, 7) is -0.376. The molecule has 1 amide bonds. The van der Waals surface area contributed by atoms with Crippen molar-refractivity contribution >= 4 is 15.9 Å². The molecule has 0 aromatic heterocycles. The zero-order chi connectivity index (χ0) is 14.7. The van der Waals surface area contributed by atoms with E-state index < -0.39 is 28.7 Å². The van der Waals surface area contributed by atoms with Gasteiger partial charge in [0.2, 0.25) is 15.9 Å². The van der Waals surface area contributed by atoms with E-state index >= 15 is 0 Å². The molecule has 112 valence electrons. The topological polar surface area (TPSA) is 69.7 Å². The fourth-order valence-corrected chi connectivity index (χ4v) is 2.50. The van der Waals surface area contributed by atoms with E-state index in [0.29, 0.717) is 13.1 Å². The van der Waals surface area contributed by atoms with Crippen molar-refractivity contribution in [2.45, 2.75) is 6.18 Å². The normalized spacial score (nSPS) is 19.4. The van der Waals surface area contributed by atoms with Crippen molar-refractivity contribution in [1.29, 1.82) is 0 Å². The Kier molecular flexibility index (Phi) is 5.16. The number of sulfonamides is 1. The summed E-state index contributed by atoms with van der Waals surface area (Å²) in [6.07, 6.45) is -3.33. The second-order valence-electron chi connectivity index (χ2n) is 4.33. The number of piperazine rings is 1. The summed E-state index contributed by atoms with van der Waals surface area (Å²) < 4.78 is 59.4. The van der Waals surface area contributed by atoms with Crippen LogP contribution in [0.5, 0.6) is 0 Å². The van der Waals surface area contributed by atoms with Gasteiger partial charge in [-0.15, -0.1) is 0 Å². The van der Waals surface area contributed by atoms with Crippen LogP contribution in [0.1, 0.15) is 0 Å². The summed E-state index contributed by atoms with van der Waals surface area (Å²) in [7, 11) is -3.25. The highest BCUT2D eigenvalue weighted by molar-refractivity contribution is 7.88. The molecule has 0 saturated carbocycles. The highest BCUT2D eigenvalue weighted by Crippen LogP contribution is 2.12. The largest absolute Gasteiger partial charge is 0.405 e. The van der Waals surface area contributed by atoms with E-state index in [9.17, 15) is 26.4 Å². The van der Waals surface area contributed by atoms with E-state index in [1.807, 2.05) is 0 Å². The van der Waals surface area contributed by atoms with Gasteiger partial charge in [0.05, 0.1) is 12.8 Å². The van der Waals surface area contributed by atoms with Gasteiger partial charge in [0.1, 0.15) is 6.54 Å². The van der Waals surface area contributed by atoms with Gasteiger partial charge in [-0.3, -0.25) is 9.69 Å². The monoisotopic (exact) mass is 303 g/mol. The van der Waals surface area contributed by atoms with Crippen molar-refractivity contribution < 1.29 is 26.4 Å². The molecule has 1 rings (SSSR count). The third kappa shape index (κ3) is 6.21. The molecule has 1 N–H and O–H groups in total. The molecule has 19 heavy (non-hydrogen) atoms. The van der Waals surface area contributed by atoms with Crippen LogP contribution in [-0.2, 0) is 14.8 Å². The number of carbonyl (C=O) groups is 1. The minimum absolute atomic E-state index is 0.159. The maximum atomic E-state index is 11.9. The van der Waals surface area contributed by atoms with Crippen LogP contribution in [0, 0.1) is 0 Å². The Morgan fingerprint density at radius 3 is 2.16 bits per heavy atom. The third-order valence-corrected chi connectivity index (χ3v) is 3.96. The van der Waals surface area contributed by atoms with Crippen LogP contribution < -0.4 is 5.32 Å². The Morgan fingerprint density at radius 2 is 1.74 bits per heavy atom. The SMILES string of the molecule is CS(=O)(=O)N1CCN(CC(=O)NCC(F)(F)F)CC1. The van der Waals surface area contributed by atoms with Gasteiger partial charge in [-0.2, -0.15) is 17.5 Å². The van der Waals surface area contributed by atoms with Gasteiger partial charge in [0, 0.05) is 26.2 Å².